The lowest BCUT2D eigenvalue weighted by Gasteiger charge is -2.18. The number of aromatic nitrogens is 1. The van der Waals surface area contributed by atoms with E-state index in [0.717, 1.165) is 17.7 Å². The molecule has 1 amide bonds. The van der Waals surface area contributed by atoms with Gasteiger partial charge in [0.25, 0.3) is 11.5 Å². The third-order valence-electron chi connectivity index (χ3n) is 5.05. The molecule has 0 fully saturated rings. The Morgan fingerprint density at radius 3 is 2.61 bits per heavy atom. The van der Waals surface area contributed by atoms with Gasteiger partial charge in [-0.15, -0.1) is 0 Å². The van der Waals surface area contributed by atoms with Crippen molar-refractivity contribution >= 4 is 21.8 Å². The van der Waals surface area contributed by atoms with Crippen molar-refractivity contribution in [3.05, 3.63) is 85.2 Å². The molecule has 0 radical (unpaired) electrons. The first kappa shape index (κ1) is 24.6. The molecule has 2 aromatic carbocycles. The fourth-order valence-corrected chi connectivity index (χ4v) is 3.73. The minimum Gasteiger partial charge on any atom is -0.487 e. The Bertz CT molecular complexity index is 1240. The first-order valence-electron chi connectivity index (χ1n) is 10.1. The molecular weight excluding hydrogens is 498 g/mol. The summed E-state index contributed by atoms with van der Waals surface area (Å²) in [6, 6.07) is 8.39. The molecule has 9 heteroatoms. The normalized spacial score (nSPS) is 10.8. The van der Waals surface area contributed by atoms with Gasteiger partial charge in [0.2, 0.25) is 0 Å². The Hall–Kier alpha value is -3.04. The van der Waals surface area contributed by atoms with Crippen LogP contribution in [-0.4, -0.2) is 31.2 Å². The third-order valence-corrected chi connectivity index (χ3v) is 5.77. The number of methoxy groups -OCH3 is 1. The number of benzene rings is 2. The van der Waals surface area contributed by atoms with Crippen LogP contribution < -0.4 is 15.6 Å². The quantitative estimate of drug-likeness (QED) is 0.423. The van der Waals surface area contributed by atoms with E-state index in [2.05, 4.69) is 26.2 Å². The number of aromatic amines is 1. The molecule has 0 saturated heterocycles. The molecule has 0 aliphatic carbocycles. The highest BCUT2D eigenvalue weighted by atomic mass is 79.9. The average molecular weight is 521 g/mol. The van der Waals surface area contributed by atoms with Crippen LogP contribution in [0.2, 0.25) is 0 Å². The predicted octanol–water partition coefficient (Wildman–Crippen LogP) is 4.65. The Morgan fingerprint density at radius 2 is 1.91 bits per heavy atom. The van der Waals surface area contributed by atoms with Crippen molar-refractivity contribution in [2.45, 2.75) is 20.5 Å². The summed E-state index contributed by atoms with van der Waals surface area (Å²) >= 11 is 3.26. The predicted molar refractivity (Wildman–Crippen MR) is 125 cm³/mol. The number of amides is 1. The second kappa shape index (κ2) is 10.7. The number of ether oxygens (including phenoxy) is 2. The van der Waals surface area contributed by atoms with Crippen LogP contribution in [0.15, 0.2) is 45.7 Å². The van der Waals surface area contributed by atoms with E-state index in [1.54, 1.807) is 32.2 Å². The van der Waals surface area contributed by atoms with Gasteiger partial charge in [-0.25, -0.2) is 8.78 Å². The van der Waals surface area contributed by atoms with E-state index in [1.165, 1.54) is 6.07 Å². The molecule has 0 bridgehead atoms. The van der Waals surface area contributed by atoms with Crippen molar-refractivity contribution in [3.63, 3.8) is 0 Å². The van der Waals surface area contributed by atoms with Crippen LogP contribution in [0.5, 0.6) is 5.75 Å². The van der Waals surface area contributed by atoms with Crippen LogP contribution in [0, 0.1) is 25.5 Å². The second-order valence-corrected chi connectivity index (χ2v) is 8.19. The monoisotopic (exact) mass is 520 g/mol. The summed E-state index contributed by atoms with van der Waals surface area (Å²) in [6.07, 6.45) is 0. The summed E-state index contributed by atoms with van der Waals surface area (Å²) < 4.78 is 38.3. The minimum atomic E-state index is -0.750. The number of H-pyrrole nitrogens is 1. The van der Waals surface area contributed by atoms with Crippen molar-refractivity contribution in [1.29, 1.82) is 0 Å². The minimum absolute atomic E-state index is 0.125. The van der Waals surface area contributed by atoms with Gasteiger partial charge in [0, 0.05) is 42.1 Å². The highest BCUT2D eigenvalue weighted by Crippen LogP contribution is 2.38. The number of carbonyl (C=O) groups is 1. The topological polar surface area (TPSA) is 80.4 Å². The molecular formula is C24H23BrF2N2O4. The molecule has 0 saturated carbocycles. The first-order chi connectivity index (χ1) is 15.7. The van der Waals surface area contributed by atoms with Crippen LogP contribution in [0.1, 0.15) is 27.2 Å². The van der Waals surface area contributed by atoms with E-state index < -0.39 is 17.2 Å². The van der Waals surface area contributed by atoms with Crippen molar-refractivity contribution < 1.29 is 23.0 Å². The average Bonchev–Trinajstić information content (AvgIpc) is 2.77. The molecule has 0 atom stereocenters. The van der Waals surface area contributed by atoms with Crippen molar-refractivity contribution in [1.82, 2.24) is 10.3 Å². The molecule has 33 heavy (non-hydrogen) atoms. The lowest BCUT2D eigenvalue weighted by Crippen LogP contribution is -2.27. The molecule has 1 heterocycles. The molecule has 3 rings (SSSR count). The molecule has 0 spiro atoms. The zero-order chi connectivity index (χ0) is 24.1. The van der Waals surface area contributed by atoms with E-state index >= 15 is 0 Å². The fourth-order valence-electron chi connectivity index (χ4n) is 3.32. The van der Waals surface area contributed by atoms with Crippen LogP contribution in [-0.2, 0) is 11.3 Å². The lowest BCUT2D eigenvalue weighted by molar-refractivity contribution is 0.0937. The Morgan fingerprint density at radius 1 is 1.15 bits per heavy atom. The Labute approximate surface area is 198 Å². The number of hydrogen-bond donors (Lipinski definition) is 2. The van der Waals surface area contributed by atoms with Crippen molar-refractivity contribution in [2.24, 2.45) is 0 Å². The molecule has 2 N–H and O–H groups in total. The van der Waals surface area contributed by atoms with Gasteiger partial charge in [-0.3, -0.25) is 9.59 Å². The molecule has 0 unspecified atom stereocenters. The number of hydrogen-bond acceptors (Lipinski definition) is 4. The largest absolute Gasteiger partial charge is 0.487 e. The number of rotatable bonds is 8. The number of pyridine rings is 1. The SMILES string of the molecule is COCCNC(=O)c1ccc(C)c(-c2c(C)[nH]c(=O)c(Br)c2OCc2ccc(F)cc2F)c1. The van der Waals surface area contributed by atoms with Crippen LogP contribution >= 0.6 is 15.9 Å². The maximum absolute atomic E-state index is 14.1. The number of halogens is 3. The number of aryl methyl sites for hydroxylation is 2. The van der Waals surface area contributed by atoms with E-state index in [9.17, 15) is 18.4 Å². The standard InChI is InChI=1S/C24H23BrF2N2O4/c1-13-4-5-15(23(30)28-8-9-32-3)10-18(13)20-14(2)29-24(31)21(25)22(20)33-12-16-6-7-17(26)11-19(16)27/h4-7,10-11H,8-9,12H2,1-3H3,(H,28,30)(H,29,31). The summed E-state index contributed by atoms with van der Waals surface area (Å²) in [6.45, 7) is 4.09. The highest BCUT2D eigenvalue weighted by molar-refractivity contribution is 9.10. The molecule has 0 aliphatic rings. The Balaban J connectivity index is 2.04. The van der Waals surface area contributed by atoms with Gasteiger partial charge in [-0.1, -0.05) is 6.07 Å². The van der Waals surface area contributed by atoms with E-state index in [1.807, 2.05) is 6.92 Å². The zero-order valence-corrected chi connectivity index (χ0v) is 19.9. The Kier molecular flexibility index (Phi) is 7.99. The fraction of sp³-hybridized carbons (Fsp3) is 0.250. The van der Waals surface area contributed by atoms with Crippen molar-refractivity contribution in [3.8, 4) is 16.9 Å². The second-order valence-electron chi connectivity index (χ2n) is 7.40. The summed E-state index contributed by atoms with van der Waals surface area (Å²) in [5.41, 5.74) is 2.70. The highest BCUT2D eigenvalue weighted by Gasteiger charge is 2.21. The van der Waals surface area contributed by atoms with E-state index in [4.69, 9.17) is 9.47 Å². The van der Waals surface area contributed by atoms with Gasteiger partial charge < -0.3 is 19.8 Å². The van der Waals surface area contributed by atoms with Crippen LogP contribution in [0.4, 0.5) is 8.78 Å². The third kappa shape index (κ3) is 5.66. The summed E-state index contributed by atoms with van der Waals surface area (Å²) in [4.78, 5) is 27.7. The number of nitrogens with one attached hydrogen (secondary N) is 2. The molecule has 3 aromatic rings. The van der Waals surface area contributed by atoms with Gasteiger partial charge in [-0.05, 0) is 65.2 Å². The molecule has 174 valence electrons. The maximum atomic E-state index is 14.1. The summed E-state index contributed by atoms with van der Waals surface area (Å²) in [5.74, 6) is -1.52. The van der Waals surface area contributed by atoms with Gasteiger partial charge >= 0.3 is 0 Å². The smallest absolute Gasteiger partial charge is 0.266 e. The van der Waals surface area contributed by atoms with Crippen LogP contribution in [0.3, 0.4) is 0 Å². The summed E-state index contributed by atoms with van der Waals surface area (Å²) in [7, 11) is 1.55. The van der Waals surface area contributed by atoms with Gasteiger partial charge in [0.05, 0.1) is 6.61 Å². The molecule has 1 aromatic heterocycles. The summed E-state index contributed by atoms with van der Waals surface area (Å²) in [5, 5.41) is 2.77. The lowest BCUT2D eigenvalue weighted by atomic mass is 9.96. The zero-order valence-electron chi connectivity index (χ0n) is 18.4. The number of carbonyl (C=O) groups excluding carboxylic acids is 1. The molecule has 6 nitrogen and oxygen atoms in total. The van der Waals surface area contributed by atoms with Crippen LogP contribution in [0.25, 0.3) is 11.1 Å². The van der Waals surface area contributed by atoms with Gasteiger partial charge in [0.1, 0.15) is 28.5 Å². The van der Waals surface area contributed by atoms with Gasteiger partial charge in [0.15, 0.2) is 0 Å². The van der Waals surface area contributed by atoms with Crippen molar-refractivity contribution in [2.75, 3.05) is 20.3 Å². The first-order valence-corrected chi connectivity index (χ1v) is 10.9. The molecule has 0 aliphatic heterocycles. The van der Waals surface area contributed by atoms with E-state index in [0.29, 0.717) is 35.5 Å². The maximum Gasteiger partial charge on any atom is 0.266 e. The van der Waals surface area contributed by atoms with Gasteiger partial charge in [-0.2, -0.15) is 0 Å². The van der Waals surface area contributed by atoms with E-state index in [-0.39, 0.29) is 28.3 Å².